The van der Waals surface area contributed by atoms with Crippen LogP contribution in [0.25, 0.3) is 11.0 Å². The monoisotopic (exact) mass is 230 g/mol. The van der Waals surface area contributed by atoms with E-state index >= 15 is 0 Å². The third-order valence-electron chi connectivity index (χ3n) is 1.92. The smallest absolute Gasteiger partial charge is 0.405 e. The second kappa shape index (κ2) is 3.51. The van der Waals surface area contributed by atoms with Gasteiger partial charge in [0.1, 0.15) is 11.4 Å². The lowest BCUT2D eigenvalue weighted by Gasteiger charge is -2.09. The minimum atomic E-state index is -4.80. The van der Waals surface area contributed by atoms with E-state index in [-0.39, 0.29) is 16.6 Å². The number of ether oxygens (including phenoxy) is 1. The summed E-state index contributed by atoms with van der Waals surface area (Å²) in [5.41, 5.74) is 0.242. The molecule has 0 saturated carbocycles. The van der Waals surface area contributed by atoms with Gasteiger partial charge in [-0.3, -0.25) is 4.79 Å². The number of fused-ring (bicyclic) bond motifs is 1. The first-order valence-electron chi connectivity index (χ1n) is 4.18. The van der Waals surface area contributed by atoms with Gasteiger partial charge in [-0.1, -0.05) is 0 Å². The molecule has 0 aliphatic rings. The second-order valence-corrected chi connectivity index (χ2v) is 2.94. The van der Waals surface area contributed by atoms with Crippen molar-refractivity contribution in [2.24, 2.45) is 0 Å². The van der Waals surface area contributed by atoms with E-state index in [1.807, 2.05) is 0 Å². The van der Waals surface area contributed by atoms with E-state index in [4.69, 9.17) is 0 Å². The Kier molecular flexibility index (Phi) is 2.30. The molecule has 0 aromatic carbocycles. The van der Waals surface area contributed by atoms with Crippen LogP contribution in [0, 0.1) is 0 Å². The molecule has 0 aliphatic carbocycles. The Labute approximate surface area is 87.0 Å². The SMILES string of the molecule is O=Cc1c[nH]c2nccc(OC(F)(F)F)c12. The summed E-state index contributed by atoms with van der Waals surface area (Å²) in [6.07, 6.45) is -1.93. The van der Waals surface area contributed by atoms with Crippen molar-refractivity contribution in [3.63, 3.8) is 0 Å². The zero-order chi connectivity index (χ0) is 11.8. The van der Waals surface area contributed by atoms with Crippen LogP contribution in [0.3, 0.4) is 0 Å². The number of H-pyrrole nitrogens is 1. The third kappa shape index (κ3) is 1.83. The number of nitrogens with one attached hydrogen (secondary N) is 1. The largest absolute Gasteiger partial charge is 0.573 e. The van der Waals surface area contributed by atoms with Crippen LogP contribution in [0.2, 0.25) is 0 Å². The van der Waals surface area contributed by atoms with Crippen molar-refractivity contribution >= 4 is 17.3 Å². The Bertz CT molecular complexity index is 533. The first kappa shape index (κ1) is 10.5. The number of carbonyl (C=O) groups is 1. The molecule has 7 heteroatoms. The standard InChI is InChI=1S/C9H5F3N2O2/c10-9(11,12)16-6-1-2-13-8-7(6)5(4-15)3-14-8/h1-4H,(H,13,14). The maximum Gasteiger partial charge on any atom is 0.573 e. The van der Waals surface area contributed by atoms with E-state index in [2.05, 4.69) is 14.7 Å². The molecule has 0 fully saturated rings. The fourth-order valence-corrected chi connectivity index (χ4v) is 1.35. The van der Waals surface area contributed by atoms with Crippen LogP contribution in [-0.2, 0) is 0 Å². The number of aldehydes is 1. The summed E-state index contributed by atoms with van der Waals surface area (Å²) in [5.74, 6) is -0.444. The van der Waals surface area contributed by atoms with Crippen LogP contribution >= 0.6 is 0 Å². The molecule has 0 spiro atoms. The van der Waals surface area contributed by atoms with Crippen molar-refractivity contribution < 1.29 is 22.7 Å². The van der Waals surface area contributed by atoms with Crippen molar-refractivity contribution in [1.29, 1.82) is 0 Å². The maximum atomic E-state index is 12.1. The van der Waals surface area contributed by atoms with E-state index in [1.54, 1.807) is 0 Å². The van der Waals surface area contributed by atoms with Gasteiger partial charge in [-0.25, -0.2) is 4.98 Å². The molecule has 0 bridgehead atoms. The van der Waals surface area contributed by atoms with Crippen molar-refractivity contribution in [1.82, 2.24) is 9.97 Å². The number of carbonyl (C=O) groups excluding carboxylic acids is 1. The Morgan fingerprint density at radius 2 is 2.19 bits per heavy atom. The van der Waals surface area contributed by atoms with Gasteiger partial charge in [0, 0.05) is 18.0 Å². The molecule has 16 heavy (non-hydrogen) atoms. The lowest BCUT2D eigenvalue weighted by molar-refractivity contribution is -0.274. The molecule has 0 aliphatic heterocycles. The summed E-state index contributed by atoms with van der Waals surface area (Å²) in [4.78, 5) is 17.0. The topological polar surface area (TPSA) is 55.0 Å². The number of alkyl halides is 3. The van der Waals surface area contributed by atoms with Gasteiger partial charge in [0.15, 0.2) is 6.29 Å². The molecule has 4 nitrogen and oxygen atoms in total. The first-order chi connectivity index (χ1) is 7.51. The molecule has 2 rings (SSSR count). The maximum absolute atomic E-state index is 12.1. The number of aromatic amines is 1. The Hall–Kier alpha value is -2.05. The first-order valence-corrected chi connectivity index (χ1v) is 4.18. The summed E-state index contributed by atoms with van der Waals surface area (Å²) in [5, 5.41) is 0.0230. The van der Waals surface area contributed by atoms with Crippen LogP contribution in [0.15, 0.2) is 18.5 Å². The highest BCUT2D eigenvalue weighted by Gasteiger charge is 2.32. The lowest BCUT2D eigenvalue weighted by Crippen LogP contribution is -2.17. The fourth-order valence-electron chi connectivity index (χ4n) is 1.35. The van der Waals surface area contributed by atoms with E-state index in [9.17, 15) is 18.0 Å². The molecular weight excluding hydrogens is 225 g/mol. The molecule has 2 aromatic heterocycles. The average molecular weight is 230 g/mol. The number of nitrogens with zero attached hydrogens (tertiary/aromatic N) is 1. The predicted octanol–water partition coefficient (Wildman–Crippen LogP) is 2.27. The van der Waals surface area contributed by atoms with Gasteiger partial charge in [-0.05, 0) is 6.07 Å². The van der Waals surface area contributed by atoms with E-state index < -0.39 is 12.1 Å². The molecule has 0 unspecified atom stereocenters. The number of pyridine rings is 1. The lowest BCUT2D eigenvalue weighted by atomic mass is 10.2. The molecule has 0 atom stereocenters. The van der Waals surface area contributed by atoms with Crippen LogP contribution < -0.4 is 4.74 Å². The van der Waals surface area contributed by atoms with Gasteiger partial charge < -0.3 is 9.72 Å². The van der Waals surface area contributed by atoms with Crippen LogP contribution in [0.5, 0.6) is 5.75 Å². The Morgan fingerprint density at radius 1 is 1.44 bits per heavy atom. The average Bonchev–Trinajstić information content (AvgIpc) is 2.59. The minimum Gasteiger partial charge on any atom is -0.405 e. The zero-order valence-electron chi connectivity index (χ0n) is 7.71. The number of hydrogen-bond donors (Lipinski definition) is 1. The summed E-state index contributed by atoms with van der Waals surface area (Å²) in [6.45, 7) is 0. The second-order valence-electron chi connectivity index (χ2n) is 2.94. The van der Waals surface area contributed by atoms with Gasteiger partial charge in [0.05, 0.1) is 5.39 Å². The molecule has 2 aromatic rings. The molecule has 0 amide bonds. The quantitative estimate of drug-likeness (QED) is 0.805. The van der Waals surface area contributed by atoms with Crippen molar-refractivity contribution in [3.05, 3.63) is 24.0 Å². The number of hydrogen-bond acceptors (Lipinski definition) is 3. The molecule has 1 N–H and O–H groups in total. The van der Waals surface area contributed by atoms with E-state index in [0.717, 1.165) is 12.3 Å². The Balaban J connectivity index is 2.59. The van der Waals surface area contributed by atoms with Crippen LogP contribution in [0.1, 0.15) is 10.4 Å². The number of halogens is 3. The summed E-state index contributed by atoms with van der Waals surface area (Å²) in [6, 6.07) is 1.05. The van der Waals surface area contributed by atoms with Gasteiger partial charge in [-0.2, -0.15) is 0 Å². The number of rotatable bonds is 2. The van der Waals surface area contributed by atoms with Crippen LogP contribution in [-0.4, -0.2) is 22.6 Å². The number of aromatic nitrogens is 2. The van der Waals surface area contributed by atoms with E-state index in [0.29, 0.717) is 6.29 Å². The normalized spacial score (nSPS) is 11.7. The summed E-state index contributed by atoms with van der Waals surface area (Å²) >= 11 is 0. The highest BCUT2D eigenvalue weighted by Crippen LogP contribution is 2.30. The van der Waals surface area contributed by atoms with Crippen molar-refractivity contribution in [2.45, 2.75) is 6.36 Å². The third-order valence-corrected chi connectivity index (χ3v) is 1.92. The van der Waals surface area contributed by atoms with Gasteiger partial charge in [0.2, 0.25) is 0 Å². The molecule has 0 saturated heterocycles. The molecule has 2 heterocycles. The summed E-state index contributed by atoms with van der Waals surface area (Å²) < 4.78 is 40.0. The Morgan fingerprint density at radius 3 is 2.81 bits per heavy atom. The van der Waals surface area contributed by atoms with Crippen molar-refractivity contribution in [2.75, 3.05) is 0 Å². The highest BCUT2D eigenvalue weighted by molar-refractivity contribution is 5.99. The van der Waals surface area contributed by atoms with Gasteiger partial charge in [0.25, 0.3) is 0 Å². The fraction of sp³-hybridized carbons (Fsp3) is 0.111. The zero-order valence-corrected chi connectivity index (χ0v) is 7.71. The van der Waals surface area contributed by atoms with Gasteiger partial charge in [-0.15, -0.1) is 13.2 Å². The molecule has 0 radical (unpaired) electrons. The highest BCUT2D eigenvalue weighted by atomic mass is 19.4. The minimum absolute atomic E-state index is 0.0230. The summed E-state index contributed by atoms with van der Waals surface area (Å²) in [7, 11) is 0. The van der Waals surface area contributed by atoms with Gasteiger partial charge >= 0.3 is 6.36 Å². The van der Waals surface area contributed by atoms with E-state index in [1.165, 1.54) is 6.20 Å². The van der Waals surface area contributed by atoms with Crippen molar-refractivity contribution in [3.8, 4) is 5.75 Å². The molecule has 84 valence electrons. The van der Waals surface area contributed by atoms with Crippen LogP contribution in [0.4, 0.5) is 13.2 Å². The predicted molar refractivity (Wildman–Crippen MR) is 48.2 cm³/mol. The molecular formula is C9H5F3N2O2.